The number of anilines is 1. The maximum atomic E-state index is 12.7. The summed E-state index contributed by atoms with van der Waals surface area (Å²) in [5.41, 5.74) is 2.22. The molecule has 0 aromatic heterocycles. The number of amides is 1. The predicted molar refractivity (Wildman–Crippen MR) is 109 cm³/mol. The molecular formula is C21H26ClN3O2. The van der Waals surface area contributed by atoms with Crippen LogP contribution in [0.2, 0.25) is 5.02 Å². The van der Waals surface area contributed by atoms with Gasteiger partial charge >= 0.3 is 0 Å². The van der Waals surface area contributed by atoms with E-state index in [0.29, 0.717) is 18.0 Å². The molecule has 1 amide bonds. The summed E-state index contributed by atoms with van der Waals surface area (Å²) >= 11 is 5.90. The van der Waals surface area contributed by atoms with E-state index >= 15 is 0 Å². The molecule has 3 rings (SSSR count). The van der Waals surface area contributed by atoms with Gasteiger partial charge in [-0.1, -0.05) is 41.9 Å². The fraction of sp³-hybridized carbons (Fsp3) is 0.381. The van der Waals surface area contributed by atoms with E-state index < -0.39 is 0 Å². The molecule has 2 N–H and O–H groups in total. The third kappa shape index (κ3) is 5.45. The van der Waals surface area contributed by atoms with Gasteiger partial charge < -0.3 is 15.3 Å². The van der Waals surface area contributed by atoms with E-state index in [1.54, 1.807) is 0 Å². The van der Waals surface area contributed by atoms with Crippen molar-refractivity contribution in [3.63, 3.8) is 0 Å². The Balaban J connectivity index is 1.55. The van der Waals surface area contributed by atoms with Gasteiger partial charge in [-0.2, -0.15) is 0 Å². The minimum absolute atomic E-state index is 0.00205. The number of nitrogens with zero attached hydrogens (tertiary/aromatic N) is 2. The quantitative estimate of drug-likeness (QED) is 0.766. The van der Waals surface area contributed by atoms with Gasteiger partial charge in [0.25, 0.3) is 0 Å². The van der Waals surface area contributed by atoms with Gasteiger partial charge in [0.1, 0.15) is 0 Å². The molecule has 2 aromatic rings. The molecule has 1 fully saturated rings. The highest BCUT2D eigenvalue weighted by Crippen LogP contribution is 2.18. The smallest absolute Gasteiger partial charge is 0.237 e. The van der Waals surface area contributed by atoms with Gasteiger partial charge in [0, 0.05) is 50.0 Å². The van der Waals surface area contributed by atoms with Crippen molar-refractivity contribution in [1.82, 2.24) is 10.2 Å². The molecule has 0 radical (unpaired) electrons. The first kappa shape index (κ1) is 19.7. The fourth-order valence-corrected chi connectivity index (χ4v) is 3.57. The molecule has 1 aliphatic rings. The summed E-state index contributed by atoms with van der Waals surface area (Å²) in [6.45, 7) is 3.80. The first-order chi connectivity index (χ1) is 13.2. The van der Waals surface area contributed by atoms with Crippen molar-refractivity contribution >= 4 is 23.2 Å². The summed E-state index contributed by atoms with van der Waals surface area (Å²) in [5, 5.41) is 13.1. The van der Waals surface area contributed by atoms with E-state index in [1.807, 2.05) is 42.5 Å². The molecule has 27 heavy (non-hydrogen) atoms. The molecular weight excluding hydrogens is 362 g/mol. The molecule has 1 atom stereocenters. The normalized spacial score (nSPS) is 16.1. The number of piperazine rings is 1. The van der Waals surface area contributed by atoms with Crippen LogP contribution in [0, 0.1) is 0 Å². The number of rotatable bonds is 7. The van der Waals surface area contributed by atoms with Crippen molar-refractivity contribution in [2.24, 2.45) is 0 Å². The van der Waals surface area contributed by atoms with Gasteiger partial charge in [0.05, 0.1) is 6.04 Å². The van der Waals surface area contributed by atoms with Crippen molar-refractivity contribution in [1.29, 1.82) is 0 Å². The van der Waals surface area contributed by atoms with Crippen molar-refractivity contribution in [2.45, 2.75) is 19.0 Å². The number of halogens is 1. The van der Waals surface area contributed by atoms with Crippen molar-refractivity contribution < 1.29 is 9.90 Å². The lowest BCUT2D eigenvalue weighted by atomic mass is 10.1. The fourth-order valence-electron chi connectivity index (χ4n) is 3.44. The van der Waals surface area contributed by atoms with E-state index in [1.165, 1.54) is 5.69 Å². The Morgan fingerprint density at radius 3 is 2.33 bits per heavy atom. The molecule has 0 saturated carbocycles. The molecule has 1 heterocycles. The number of carbonyl (C=O) groups excluding carboxylic acids is 1. The molecule has 0 spiro atoms. The minimum Gasteiger partial charge on any atom is -0.396 e. The van der Waals surface area contributed by atoms with Crippen LogP contribution in [0.1, 0.15) is 12.0 Å². The number of para-hydroxylation sites is 1. The summed E-state index contributed by atoms with van der Waals surface area (Å²) in [6, 6.07) is 17.5. The van der Waals surface area contributed by atoms with Crippen molar-refractivity contribution in [3.05, 3.63) is 65.2 Å². The van der Waals surface area contributed by atoms with Crippen molar-refractivity contribution in [3.8, 4) is 0 Å². The van der Waals surface area contributed by atoms with Crippen molar-refractivity contribution in [2.75, 3.05) is 37.7 Å². The van der Waals surface area contributed by atoms with Crippen LogP contribution in [0.25, 0.3) is 0 Å². The molecule has 1 unspecified atom stereocenters. The standard InChI is InChI=1S/C21H26ClN3O2/c22-18-8-6-17(7-9-18)16-23-21(27)20(10-15-26)25-13-11-24(12-14-25)19-4-2-1-3-5-19/h1-9,20,26H,10-16H2,(H,23,27). The Bertz CT molecular complexity index is 716. The van der Waals surface area contributed by atoms with Crippen LogP contribution in [0.15, 0.2) is 54.6 Å². The number of aliphatic hydroxyl groups excluding tert-OH is 1. The molecule has 1 aliphatic heterocycles. The Kier molecular flexibility index (Phi) is 7.10. The van der Waals surface area contributed by atoms with Crippen LogP contribution in [-0.2, 0) is 11.3 Å². The number of hydrogen-bond donors (Lipinski definition) is 2. The topological polar surface area (TPSA) is 55.8 Å². The zero-order valence-corrected chi connectivity index (χ0v) is 16.1. The molecule has 5 nitrogen and oxygen atoms in total. The Hall–Kier alpha value is -2.08. The number of hydrogen-bond acceptors (Lipinski definition) is 4. The maximum absolute atomic E-state index is 12.7. The van der Waals surface area contributed by atoms with Crippen LogP contribution >= 0.6 is 11.6 Å². The summed E-state index contributed by atoms with van der Waals surface area (Å²) in [5.74, 6) is -0.0350. The van der Waals surface area contributed by atoms with E-state index in [9.17, 15) is 9.90 Å². The second-order valence-corrected chi connectivity index (χ2v) is 7.17. The molecule has 2 aromatic carbocycles. The summed E-state index contributed by atoms with van der Waals surface area (Å²) in [4.78, 5) is 17.2. The zero-order valence-electron chi connectivity index (χ0n) is 15.4. The summed E-state index contributed by atoms with van der Waals surface area (Å²) in [6.07, 6.45) is 0.442. The third-order valence-electron chi connectivity index (χ3n) is 4.96. The van der Waals surface area contributed by atoms with Crippen LogP contribution in [-0.4, -0.2) is 54.7 Å². The van der Waals surface area contributed by atoms with Gasteiger partial charge in [0.15, 0.2) is 0 Å². The van der Waals surface area contributed by atoms with Gasteiger partial charge in [0.2, 0.25) is 5.91 Å². The van der Waals surface area contributed by atoms with Gasteiger partial charge in [-0.15, -0.1) is 0 Å². The van der Waals surface area contributed by atoms with Gasteiger partial charge in [-0.25, -0.2) is 0 Å². The highest BCUT2D eigenvalue weighted by Gasteiger charge is 2.28. The van der Waals surface area contributed by atoms with E-state index in [0.717, 1.165) is 31.7 Å². The first-order valence-electron chi connectivity index (χ1n) is 9.34. The lowest BCUT2D eigenvalue weighted by Crippen LogP contribution is -2.55. The van der Waals surface area contributed by atoms with E-state index in [-0.39, 0.29) is 18.6 Å². The molecule has 0 bridgehead atoms. The maximum Gasteiger partial charge on any atom is 0.237 e. The number of aliphatic hydroxyl groups is 1. The third-order valence-corrected chi connectivity index (χ3v) is 5.21. The largest absolute Gasteiger partial charge is 0.396 e. The number of carbonyl (C=O) groups is 1. The Morgan fingerprint density at radius 1 is 1.04 bits per heavy atom. The predicted octanol–water partition coefficient (Wildman–Crippen LogP) is 2.53. The summed E-state index contributed by atoms with van der Waals surface area (Å²) in [7, 11) is 0. The van der Waals surface area contributed by atoms with E-state index in [2.05, 4.69) is 27.2 Å². The monoisotopic (exact) mass is 387 g/mol. The Morgan fingerprint density at radius 2 is 1.70 bits per heavy atom. The average molecular weight is 388 g/mol. The average Bonchev–Trinajstić information content (AvgIpc) is 2.72. The van der Waals surface area contributed by atoms with Crippen LogP contribution in [0.5, 0.6) is 0 Å². The SMILES string of the molecule is O=C(NCc1ccc(Cl)cc1)C(CCO)N1CCN(c2ccccc2)CC1. The second-order valence-electron chi connectivity index (χ2n) is 6.73. The molecule has 1 saturated heterocycles. The van der Waals surface area contributed by atoms with Crippen LogP contribution < -0.4 is 10.2 Å². The molecule has 144 valence electrons. The first-order valence-corrected chi connectivity index (χ1v) is 9.72. The molecule has 0 aliphatic carbocycles. The number of nitrogens with one attached hydrogen (secondary N) is 1. The highest BCUT2D eigenvalue weighted by atomic mass is 35.5. The zero-order chi connectivity index (χ0) is 19.1. The molecule has 6 heteroatoms. The van der Waals surface area contributed by atoms with Gasteiger partial charge in [-0.05, 0) is 36.2 Å². The Labute approximate surface area is 165 Å². The van der Waals surface area contributed by atoms with Crippen LogP contribution in [0.3, 0.4) is 0 Å². The van der Waals surface area contributed by atoms with E-state index in [4.69, 9.17) is 11.6 Å². The summed E-state index contributed by atoms with van der Waals surface area (Å²) < 4.78 is 0. The number of benzene rings is 2. The lowest BCUT2D eigenvalue weighted by molar-refractivity contribution is -0.127. The minimum atomic E-state index is -0.305. The highest BCUT2D eigenvalue weighted by molar-refractivity contribution is 6.30. The second kappa shape index (κ2) is 9.74. The van der Waals surface area contributed by atoms with Crippen LogP contribution in [0.4, 0.5) is 5.69 Å². The van der Waals surface area contributed by atoms with Gasteiger partial charge in [-0.3, -0.25) is 9.69 Å². The lowest BCUT2D eigenvalue weighted by Gasteiger charge is -2.39.